The van der Waals surface area contributed by atoms with Crippen molar-refractivity contribution in [1.29, 1.82) is 0 Å². The summed E-state index contributed by atoms with van der Waals surface area (Å²) in [4.78, 5) is 11.9. The predicted octanol–water partition coefficient (Wildman–Crippen LogP) is 2.50. The molecule has 3 aromatic rings. The van der Waals surface area contributed by atoms with E-state index in [1.54, 1.807) is 6.33 Å². The standard InChI is InChI=1S/C14H12ClN5O/c15-9-3-1-2-8(4-9)13-19-14(21-20-13)11-5-10-12(6-16-11)18-7-17-10/h1-4,7,11,16H,5-6H2,(H,17,18). The predicted molar refractivity (Wildman–Crippen MR) is 76.6 cm³/mol. The molecule has 1 unspecified atom stereocenters. The lowest BCUT2D eigenvalue weighted by Gasteiger charge is -2.19. The minimum Gasteiger partial charge on any atom is -0.347 e. The van der Waals surface area contributed by atoms with E-state index in [1.807, 2.05) is 24.3 Å². The van der Waals surface area contributed by atoms with E-state index in [0.29, 0.717) is 16.7 Å². The average Bonchev–Trinajstić information content (AvgIpc) is 3.15. The number of hydrogen-bond acceptors (Lipinski definition) is 5. The van der Waals surface area contributed by atoms with Gasteiger partial charge in [-0.2, -0.15) is 4.98 Å². The molecular weight excluding hydrogens is 290 g/mol. The van der Waals surface area contributed by atoms with Crippen molar-refractivity contribution in [2.24, 2.45) is 0 Å². The number of fused-ring (bicyclic) bond motifs is 1. The number of rotatable bonds is 2. The van der Waals surface area contributed by atoms with Gasteiger partial charge in [0.25, 0.3) is 0 Å². The molecule has 0 amide bonds. The van der Waals surface area contributed by atoms with Gasteiger partial charge in [-0.05, 0) is 12.1 Å². The fourth-order valence-electron chi connectivity index (χ4n) is 2.47. The summed E-state index contributed by atoms with van der Waals surface area (Å²) in [6.07, 6.45) is 2.44. The molecule has 0 saturated carbocycles. The van der Waals surface area contributed by atoms with Gasteiger partial charge in [0.1, 0.15) is 0 Å². The summed E-state index contributed by atoms with van der Waals surface area (Å²) in [7, 11) is 0. The van der Waals surface area contributed by atoms with Gasteiger partial charge in [-0.25, -0.2) is 4.98 Å². The van der Waals surface area contributed by atoms with Crippen LogP contribution in [0.4, 0.5) is 0 Å². The summed E-state index contributed by atoms with van der Waals surface area (Å²) in [5, 5.41) is 8.04. The Morgan fingerprint density at radius 3 is 3.19 bits per heavy atom. The molecule has 1 aliphatic rings. The van der Waals surface area contributed by atoms with Crippen LogP contribution in [0.25, 0.3) is 11.4 Å². The molecule has 0 fully saturated rings. The zero-order chi connectivity index (χ0) is 14.2. The van der Waals surface area contributed by atoms with Crippen LogP contribution in [0, 0.1) is 0 Å². The Labute approximate surface area is 125 Å². The Morgan fingerprint density at radius 1 is 1.33 bits per heavy atom. The largest absolute Gasteiger partial charge is 0.347 e. The van der Waals surface area contributed by atoms with Crippen LogP contribution >= 0.6 is 11.6 Å². The molecule has 21 heavy (non-hydrogen) atoms. The second-order valence-electron chi connectivity index (χ2n) is 4.93. The summed E-state index contributed by atoms with van der Waals surface area (Å²) in [5.41, 5.74) is 3.00. The molecular formula is C14H12ClN5O. The molecule has 2 aromatic heterocycles. The Bertz CT molecular complexity index is 781. The molecule has 4 rings (SSSR count). The first kappa shape index (κ1) is 12.6. The number of aromatic nitrogens is 4. The van der Waals surface area contributed by atoms with Gasteiger partial charge in [-0.15, -0.1) is 0 Å². The fraction of sp³-hybridized carbons (Fsp3) is 0.214. The number of imidazole rings is 1. The molecule has 106 valence electrons. The molecule has 1 aromatic carbocycles. The first-order chi connectivity index (χ1) is 10.3. The molecule has 0 spiro atoms. The molecule has 1 atom stereocenters. The van der Waals surface area contributed by atoms with Crippen LogP contribution in [-0.4, -0.2) is 20.1 Å². The zero-order valence-electron chi connectivity index (χ0n) is 11.0. The Kier molecular flexibility index (Phi) is 2.98. The molecule has 3 heterocycles. The average molecular weight is 302 g/mol. The number of nitrogens with zero attached hydrogens (tertiary/aromatic N) is 3. The third kappa shape index (κ3) is 2.32. The van der Waals surface area contributed by atoms with Crippen LogP contribution in [0.3, 0.4) is 0 Å². The van der Waals surface area contributed by atoms with Gasteiger partial charge >= 0.3 is 0 Å². The molecule has 0 radical (unpaired) electrons. The molecule has 7 heteroatoms. The monoisotopic (exact) mass is 301 g/mol. The number of hydrogen-bond donors (Lipinski definition) is 2. The van der Waals surface area contributed by atoms with E-state index >= 15 is 0 Å². The van der Waals surface area contributed by atoms with Gasteiger partial charge in [0.15, 0.2) is 0 Å². The third-order valence-electron chi connectivity index (χ3n) is 3.55. The van der Waals surface area contributed by atoms with Crippen LogP contribution in [0.5, 0.6) is 0 Å². The van der Waals surface area contributed by atoms with Gasteiger partial charge < -0.3 is 9.51 Å². The molecule has 0 bridgehead atoms. The maximum absolute atomic E-state index is 5.98. The van der Waals surface area contributed by atoms with Crippen molar-refractivity contribution in [3.63, 3.8) is 0 Å². The van der Waals surface area contributed by atoms with Gasteiger partial charge in [-0.1, -0.05) is 28.9 Å². The highest BCUT2D eigenvalue weighted by Crippen LogP contribution is 2.25. The molecule has 6 nitrogen and oxygen atoms in total. The topological polar surface area (TPSA) is 79.6 Å². The van der Waals surface area contributed by atoms with Crippen molar-refractivity contribution in [3.05, 3.63) is 52.9 Å². The SMILES string of the molecule is Clc1cccc(-c2noc(C3Cc4nc[nH]c4CN3)n2)c1. The fourth-order valence-corrected chi connectivity index (χ4v) is 2.66. The normalized spacial score (nSPS) is 17.7. The second kappa shape index (κ2) is 4.98. The van der Waals surface area contributed by atoms with Gasteiger partial charge in [0.05, 0.1) is 23.8 Å². The summed E-state index contributed by atoms with van der Waals surface area (Å²) in [6, 6.07) is 7.38. The number of benzene rings is 1. The first-order valence-corrected chi connectivity index (χ1v) is 7.01. The molecule has 2 N–H and O–H groups in total. The van der Waals surface area contributed by atoms with Crippen molar-refractivity contribution in [2.75, 3.05) is 0 Å². The molecule has 0 aliphatic carbocycles. The lowest BCUT2D eigenvalue weighted by Crippen LogP contribution is -2.28. The highest BCUT2D eigenvalue weighted by molar-refractivity contribution is 6.30. The van der Waals surface area contributed by atoms with Crippen LogP contribution < -0.4 is 5.32 Å². The van der Waals surface area contributed by atoms with E-state index in [0.717, 1.165) is 29.9 Å². The van der Waals surface area contributed by atoms with Crippen molar-refractivity contribution in [1.82, 2.24) is 25.4 Å². The van der Waals surface area contributed by atoms with Crippen molar-refractivity contribution in [2.45, 2.75) is 19.0 Å². The minimum absolute atomic E-state index is 0.0127. The van der Waals surface area contributed by atoms with Crippen LogP contribution in [0.15, 0.2) is 35.1 Å². The highest BCUT2D eigenvalue weighted by Gasteiger charge is 2.26. The summed E-state index contributed by atoms with van der Waals surface area (Å²) in [5.74, 6) is 1.11. The minimum atomic E-state index is -0.0127. The summed E-state index contributed by atoms with van der Waals surface area (Å²) >= 11 is 5.98. The maximum Gasteiger partial charge on any atom is 0.244 e. The van der Waals surface area contributed by atoms with E-state index in [-0.39, 0.29) is 6.04 Å². The van der Waals surface area contributed by atoms with E-state index < -0.39 is 0 Å². The van der Waals surface area contributed by atoms with Crippen LogP contribution in [-0.2, 0) is 13.0 Å². The number of nitrogens with one attached hydrogen (secondary N) is 2. The first-order valence-electron chi connectivity index (χ1n) is 6.63. The smallest absolute Gasteiger partial charge is 0.244 e. The van der Waals surface area contributed by atoms with Gasteiger partial charge in [-0.3, -0.25) is 5.32 Å². The zero-order valence-corrected chi connectivity index (χ0v) is 11.8. The number of halogens is 1. The molecule has 0 saturated heterocycles. The molecule has 1 aliphatic heterocycles. The van der Waals surface area contributed by atoms with E-state index in [1.165, 1.54) is 0 Å². The van der Waals surface area contributed by atoms with Crippen LogP contribution in [0.1, 0.15) is 23.3 Å². The Balaban J connectivity index is 1.61. The Morgan fingerprint density at radius 2 is 2.29 bits per heavy atom. The third-order valence-corrected chi connectivity index (χ3v) is 3.79. The van der Waals surface area contributed by atoms with Crippen molar-refractivity contribution < 1.29 is 4.52 Å². The second-order valence-corrected chi connectivity index (χ2v) is 5.37. The van der Waals surface area contributed by atoms with Gasteiger partial charge in [0.2, 0.25) is 11.7 Å². The van der Waals surface area contributed by atoms with E-state index in [9.17, 15) is 0 Å². The lowest BCUT2D eigenvalue weighted by molar-refractivity contribution is 0.319. The van der Waals surface area contributed by atoms with E-state index in [4.69, 9.17) is 16.1 Å². The number of H-pyrrole nitrogens is 1. The quantitative estimate of drug-likeness (QED) is 0.760. The van der Waals surface area contributed by atoms with Gasteiger partial charge in [0, 0.05) is 23.6 Å². The van der Waals surface area contributed by atoms with Crippen molar-refractivity contribution in [3.8, 4) is 11.4 Å². The summed E-state index contributed by atoms with van der Waals surface area (Å²) < 4.78 is 5.39. The van der Waals surface area contributed by atoms with Crippen molar-refractivity contribution >= 4 is 11.6 Å². The van der Waals surface area contributed by atoms with Crippen LogP contribution in [0.2, 0.25) is 5.02 Å². The highest BCUT2D eigenvalue weighted by atomic mass is 35.5. The maximum atomic E-state index is 5.98. The lowest BCUT2D eigenvalue weighted by atomic mass is 10.1. The Hall–Kier alpha value is -2.18. The van der Waals surface area contributed by atoms with E-state index in [2.05, 4.69) is 25.4 Å². The summed E-state index contributed by atoms with van der Waals surface area (Å²) in [6.45, 7) is 0.717. The number of aromatic amines is 1.